The molecular weight excluding hydrogens is 278 g/mol. The van der Waals surface area contributed by atoms with Crippen LogP contribution in [-0.4, -0.2) is 27.5 Å². The molecule has 1 atom stereocenters. The zero-order chi connectivity index (χ0) is 13.9. The minimum atomic E-state index is -2.84. The number of fused-ring (bicyclic) bond motifs is 1. The van der Waals surface area contributed by atoms with Crippen molar-refractivity contribution in [1.29, 1.82) is 0 Å². The van der Waals surface area contributed by atoms with Gasteiger partial charge in [-0.15, -0.1) is 11.3 Å². The molecule has 0 spiro atoms. The Balaban J connectivity index is 1.99. The van der Waals surface area contributed by atoms with E-state index in [9.17, 15) is 8.42 Å². The van der Waals surface area contributed by atoms with Crippen LogP contribution in [0.25, 0.3) is 0 Å². The summed E-state index contributed by atoms with van der Waals surface area (Å²) >= 11 is 1.91. The highest BCUT2D eigenvalue weighted by atomic mass is 32.2. The Bertz CT molecular complexity index is 496. The molecule has 1 aromatic heterocycles. The van der Waals surface area contributed by atoms with Crippen molar-refractivity contribution in [2.24, 2.45) is 0 Å². The summed E-state index contributed by atoms with van der Waals surface area (Å²) in [5.74, 6) is 0.288. The highest BCUT2D eigenvalue weighted by molar-refractivity contribution is 7.90. The fourth-order valence-electron chi connectivity index (χ4n) is 2.66. The molecule has 1 heterocycles. The van der Waals surface area contributed by atoms with Gasteiger partial charge in [0.2, 0.25) is 0 Å². The van der Waals surface area contributed by atoms with Crippen LogP contribution in [0.15, 0.2) is 6.07 Å². The maximum atomic E-state index is 11.2. The summed E-state index contributed by atoms with van der Waals surface area (Å²) in [7, 11) is -0.875. The number of nitrogens with one attached hydrogen (secondary N) is 1. The molecule has 1 aliphatic carbocycles. The van der Waals surface area contributed by atoms with Crippen molar-refractivity contribution in [1.82, 2.24) is 5.32 Å². The summed E-state index contributed by atoms with van der Waals surface area (Å²) < 4.78 is 22.4. The van der Waals surface area contributed by atoms with E-state index in [1.54, 1.807) is 4.88 Å². The van der Waals surface area contributed by atoms with Crippen LogP contribution in [0.5, 0.6) is 0 Å². The Hall–Kier alpha value is -0.390. The molecule has 0 fully saturated rings. The molecule has 108 valence electrons. The van der Waals surface area contributed by atoms with Crippen molar-refractivity contribution in [3.63, 3.8) is 0 Å². The van der Waals surface area contributed by atoms with Crippen LogP contribution in [0.3, 0.4) is 0 Å². The normalized spacial score (nSPS) is 17.2. The van der Waals surface area contributed by atoms with Gasteiger partial charge in [0, 0.05) is 27.8 Å². The topological polar surface area (TPSA) is 46.2 Å². The fraction of sp³-hybridized carbons (Fsp3) is 0.714. The summed E-state index contributed by atoms with van der Waals surface area (Å²) in [6.45, 7) is 0. The van der Waals surface area contributed by atoms with Crippen LogP contribution in [0, 0.1) is 0 Å². The van der Waals surface area contributed by atoms with Gasteiger partial charge in [-0.1, -0.05) is 0 Å². The zero-order valence-electron chi connectivity index (χ0n) is 11.7. The standard InChI is InChI=1S/C14H23NO2S2/c1-15-12(7-5-9-19(2,16)17)14-10-11-6-3-4-8-13(11)18-14/h10,12,15H,3-9H2,1-2H3. The van der Waals surface area contributed by atoms with Gasteiger partial charge in [-0.05, 0) is 57.2 Å². The molecule has 0 saturated heterocycles. The van der Waals surface area contributed by atoms with E-state index in [0.29, 0.717) is 6.04 Å². The van der Waals surface area contributed by atoms with Gasteiger partial charge in [0.1, 0.15) is 9.84 Å². The summed E-state index contributed by atoms with van der Waals surface area (Å²) in [5.41, 5.74) is 1.52. The Morgan fingerprint density at radius 1 is 1.37 bits per heavy atom. The van der Waals surface area contributed by atoms with Crippen molar-refractivity contribution in [2.45, 2.75) is 44.6 Å². The van der Waals surface area contributed by atoms with Gasteiger partial charge in [-0.2, -0.15) is 0 Å². The van der Waals surface area contributed by atoms with Crippen molar-refractivity contribution in [3.05, 3.63) is 21.4 Å². The van der Waals surface area contributed by atoms with Gasteiger partial charge >= 0.3 is 0 Å². The quantitative estimate of drug-likeness (QED) is 0.879. The van der Waals surface area contributed by atoms with Crippen LogP contribution in [0.4, 0.5) is 0 Å². The highest BCUT2D eigenvalue weighted by Gasteiger charge is 2.18. The van der Waals surface area contributed by atoms with Gasteiger partial charge in [0.25, 0.3) is 0 Å². The molecule has 5 heteroatoms. The zero-order valence-corrected chi connectivity index (χ0v) is 13.4. The highest BCUT2D eigenvalue weighted by Crippen LogP contribution is 2.34. The third kappa shape index (κ3) is 4.29. The summed E-state index contributed by atoms with van der Waals surface area (Å²) in [5, 5.41) is 3.33. The van der Waals surface area contributed by atoms with Crippen LogP contribution in [0.1, 0.15) is 47.0 Å². The molecule has 0 aliphatic heterocycles. The second-order valence-corrected chi connectivity index (χ2v) is 8.85. The molecule has 0 bridgehead atoms. The van der Waals surface area contributed by atoms with E-state index in [1.165, 1.54) is 42.4 Å². The first-order valence-corrected chi connectivity index (χ1v) is 9.84. The first kappa shape index (κ1) is 15.0. The first-order valence-electron chi connectivity index (χ1n) is 6.96. The Kier molecular flexibility index (Phi) is 5.03. The van der Waals surface area contributed by atoms with Crippen molar-refractivity contribution < 1.29 is 8.42 Å². The summed E-state index contributed by atoms with van der Waals surface area (Å²) in [6, 6.07) is 2.64. The lowest BCUT2D eigenvalue weighted by Crippen LogP contribution is -2.16. The minimum absolute atomic E-state index is 0.288. The number of rotatable bonds is 6. The molecule has 3 nitrogen and oxygen atoms in total. The minimum Gasteiger partial charge on any atom is -0.312 e. The number of thiophene rings is 1. The van der Waals surface area contributed by atoms with E-state index in [1.807, 2.05) is 18.4 Å². The van der Waals surface area contributed by atoms with Gasteiger partial charge in [-0.3, -0.25) is 0 Å². The second kappa shape index (κ2) is 6.37. The predicted octanol–water partition coefficient (Wildman–Crippen LogP) is 2.71. The van der Waals surface area contributed by atoms with Crippen molar-refractivity contribution in [3.8, 4) is 0 Å². The molecule has 0 radical (unpaired) electrons. The Morgan fingerprint density at radius 2 is 2.11 bits per heavy atom. The van der Waals surface area contributed by atoms with Crippen LogP contribution in [-0.2, 0) is 22.7 Å². The Labute approximate surface area is 120 Å². The lowest BCUT2D eigenvalue weighted by molar-refractivity contribution is 0.543. The van der Waals surface area contributed by atoms with Gasteiger partial charge in [-0.25, -0.2) is 8.42 Å². The third-order valence-electron chi connectivity index (χ3n) is 3.72. The molecule has 2 rings (SSSR count). The fourth-order valence-corrected chi connectivity index (χ4v) is 4.76. The first-order chi connectivity index (χ1) is 8.99. The maximum Gasteiger partial charge on any atom is 0.147 e. The van der Waals surface area contributed by atoms with E-state index >= 15 is 0 Å². The molecule has 0 amide bonds. The number of hydrogen-bond donors (Lipinski definition) is 1. The average molecular weight is 301 g/mol. The third-order valence-corrected chi connectivity index (χ3v) is 6.10. The smallest absolute Gasteiger partial charge is 0.147 e. The van der Waals surface area contributed by atoms with E-state index in [-0.39, 0.29) is 5.75 Å². The monoisotopic (exact) mass is 301 g/mol. The predicted molar refractivity (Wildman–Crippen MR) is 81.7 cm³/mol. The molecule has 0 saturated carbocycles. The Morgan fingerprint density at radius 3 is 2.74 bits per heavy atom. The van der Waals surface area contributed by atoms with Crippen molar-refractivity contribution in [2.75, 3.05) is 19.1 Å². The number of hydrogen-bond acceptors (Lipinski definition) is 4. The summed E-state index contributed by atoms with van der Waals surface area (Å²) in [4.78, 5) is 2.92. The average Bonchev–Trinajstić information content (AvgIpc) is 2.76. The molecule has 1 aromatic rings. The van der Waals surface area contributed by atoms with Crippen molar-refractivity contribution >= 4 is 21.2 Å². The number of sulfone groups is 1. The van der Waals surface area contributed by atoms with E-state index in [2.05, 4.69) is 11.4 Å². The van der Waals surface area contributed by atoms with E-state index < -0.39 is 9.84 Å². The molecule has 1 N–H and O–H groups in total. The lowest BCUT2D eigenvalue weighted by Gasteiger charge is -2.13. The summed E-state index contributed by atoms with van der Waals surface area (Å²) in [6.07, 6.45) is 7.99. The molecule has 19 heavy (non-hydrogen) atoms. The lowest BCUT2D eigenvalue weighted by atomic mass is 9.98. The second-order valence-electron chi connectivity index (χ2n) is 5.42. The largest absolute Gasteiger partial charge is 0.312 e. The SMILES string of the molecule is CNC(CCCS(C)(=O)=O)c1cc2c(s1)CCCC2. The van der Waals surface area contributed by atoms with Crippen LogP contribution in [0.2, 0.25) is 0 Å². The number of aryl methyl sites for hydroxylation is 2. The van der Waals surface area contributed by atoms with E-state index in [4.69, 9.17) is 0 Å². The van der Waals surface area contributed by atoms with Gasteiger partial charge < -0.3 is 5.32 Å². The molecule has 1 aliphatic rings. The molecule has 0 aromatic carbocycles. The van der Waals surface area contributed by atoms with Gasteiger partial charge in [0.15, 0.2) is 0 Å². The van der Waals surface area contributed by atoms with Crippen LogP contribution < -0.4 is 5.32 Å². The van der Waals surface area contributed by atoms with Crippen LogP contribution >= 0.6 is 11.3 Å². The molecule has 1 unspecified atom stereocenters. The van der Waals surface area contributed by atoms with Gasteiger partial charge in [0.05, 0.1) is 0 Å². The maximum absolute atomic E-state index is 11.2. The van der Waals surface area contributed by atoms with E-state index in [0.717, 1.165) is 12.8 Å². The molecular formula is C14H23NO2S2.